The van der Waals surface area contributed by atoms with E-state index in [1.807, 2.05) is 0 Å². The van der Waals surface area contributed by atoms with Crippen molar-refractivity contribution in [1.29, 1.82) is 0 Å². The number of hydrogen-bond donors (Lipinski definition) is 3. The first-order chi connectivity index (χ1) is 5.72. The summed E-state index contributed by atoms with van der Waals surface area (Å²) in [5.41, 5.74) is 0. The molecule has 0 fully saturated rings. The largest absolute Gasteiger partial charge is 0.466 e. The molecule has 0 heterocycles. The molecule has 3 N–H and O–H groups in total. The summed E-state index contributed by atoms with van der Waals surface area (Å²) in [4.78, 5) is 41.7. The molecule has 0 aromatic heterocycles. The molecule has 0 bridgehead atoms. The number of rotatable bonds is 0. The summed E-state index contributed by atoms with van der Waals surface area (Å²) in [7, 11) is -2.42. The quantitative estimate of drug-likeness (QED) is 0.251. The van der Waals surface area contributed by atoms with E-state index in [1.165, 1.54) is 0 Å². The van der Waals surface area contributed by atoms with Gasteiger partial charge in [0.2, 0.25) is 0 Å². The Morgan fingerprint density at radius 1 is 1.00 bits per heavy atom. The molecule has 0 aliphatic rings. The summed E-state index contributed by atoms with van der Waals surface area (Å²) >= 11 is 0. The first-order valence-electron chi connectivity index (χ1n) is 2.67. The van der Waals surface area contributed by atoms with E-state index < -0.39 is 19.8 Å². The van der Waals surface area contributed by atoms with Crippen LogP contribution in [0.15, 0.2) is 0 Å². The van der Waals surface area contributed by atoms with Crippen LogP contribution in [0.3, 0.4) is 0 Å². The lowest BCUT2D eigenvalue weighted by molar-refractivity contribution is -0.164. The van der Waals surface area contributed by atoms with Crippen molar-refractivity contribution in [3.8, 4) is 0 Å². The van der Waals surface area contributed by atoms with Gasteiger partial charge in [0.1, 0.15) is 0 Å². The number of carbonyl (C=O) groups is 2. The minimum atomic E-state index is -4.64. The van der Waals surface area contributed by atoms with Gasteiger partial charge in [0, 0.05) is 0 Å². The number of phosphoric acid groups is 1. The highest BCUT2D eigenvalue weighted by Gasteiger charge is 2.11. The third kappa shape index (κ3) is 18.2. The van der Waals surface area contributed by atoms with Crippen molar-refractivity contribution in [2.75, 3.05) is 14.2 Å². The highest BCUT2D eigenvalue weighted by Crippen LogP contribution is 2.25. The normalized spacial score (nSPS) is 9.31. The molecule has 78 valence electrons. The Labute approximate surface area is 73.3 Å². The maximum absolute atomic E-state index is 10.0. The Balaban J connectivity index is 0. The zero-order chi connectivity index (χ0) is 11.1. The van der Waals surface area contributed by atoms with Crippen molar-refractivity contribution in [2.45, 2.75) is 0 Å². The Kier molecular flexibility index (Phi) is 7.34. The van der Waals surface area contributed by atoms with Gasteiger partial charge in [0.05, 0.1) is 14.2 Å². The molecule has 8 nitrogen and oxygen atoms in total. The molecular formula is C4H9O8P. The highest BCUT2D eigenvalue weighted by molar-refractivity contribution is 7.45. The van der Waals surface area contributed by atoms with Gasteiger partial charge in [0.15, 0.2) is 0 Å². The first kappa shape index (κ1) is 14.6. The highest BCUT2D eigenvalue weighted by atomic mass is 31.2. The van der Waals surface area contributed by atoms with Crippen LogP contribution in [-0.4, -0.2) is 40.8 Å². The fourth-order valence-corrected chi connectivity index (χ4v) is 0.167. The second kappa shape index (κ2) is 6.55. The van der Waals surface area contributed by atoms with Gasteiger partial charge in [-0.3, -0.25) is 0 Å². The number of methoxy groups -OCH3 is 2. The molecule has 0 aromatic rings. The molecule has 0 aromatic carbocycles. The molecule has 0 saturated heterocycles. The molecular weight excluding hydrogens is 207 g/mol. The molecule has 0 rings (SSSR count). The average molecular weight is 216 g/mol. The maximum atomic E-state index is 10.0. The van der Waals surface area contributed by atoms with Crippen LogP contribution < -0.4 is 0 Å². The summed E-state index contributed by atoms with van der Waals surface area (Å²) in [5.74, 6) is -1.96. The monoisotopic (exact) mass is 216 g/mol. The molecule has 0 spiro atoms. The van der Waals surface area contributed by atoms with Gasteiger partial charge in [-0.1, -0.05) is 0 Å². The summed E-state index contributed by atoms with van der Waals surface area (Å²) in [6, 6.07) is 0. The molecule has 0 unspecified atom stereocenters. The number of carbonyl (C=O) groups excluding carboxylic acids is 2. The zero-order valence-electron chi connectivity index (χ0n) is 6.83. The zero-order valence-corrected chi connectivity index (χ0v) is 7.72. The molecule has 0 saturated carbocycles. The van der Waals surface area contributed by atoms with Gasteiger partial charge in [-0.2, -0.15) is 0 Å². The minimum absolute atomic E-state index is 0.979. The smallest absolute Gasteiger partial charge is 0.461 e. The second-order valence-electron chi connectivity index (χ2n) is 1.50. The maximum Gasteiger partial charge on any atom is 0.466 e. The lowest BCUT2D eigenvalue weighted by atomic mass is 10.7. The van der Waals surface area contributed by atoms with Crippen molar-refractivity contribution >= 4 is 19.8 Å². The molecule has 0 aliphatic heterocycles. The van der Waals surface area contributed by atoms with E-state index in [1.54, 1.807) is 0 Å². The predicted molar refractivity (Wildman–Crippen MR) is 38.3 cm³/mol. The third-order valence-corrected chi connectivity index (χ3v) is 0.537. The molecule has 9 heteroatoms. The molecule has 0 aliphatic carbocycles. The predicted octanol–water partition coefficient (Wildman–Crippen LogP) is -1.60. The van der Waals surface area contributed by atoms with Gasteiger partial charge >= 0.3 is 19.8 Å². The Morgan fingerprint density at radius 3 is 1.23 bits per heavy atom. The van der Waals surface area contributed by atoms with Crippen molar-refractivity contribution in [2.24, 2.45) is 0 Å². The Morgan fingerprint density at radius 2 is 1.15 bits per heavy atom. The lowest BCUT2D eigenvalue weighted by Gasteiger charge is -1.92. The van der Waals surface area contributed by atoms with Gasteiger partial charge in [0.25, 0.3) is 0 Å². The van der Waals surface area contributed by atoms with Crippen molar-refractivity contribution in [3.63, 3.8) is 0 Å². The number of ether oxygens (including phenoxy) is 2. The standard InChI is InChI=1S/C4H6O4.H3O4P/c1-7-3(5)4(6)8-2;1-5(2,3)4/h1-2H3;(H3,1,2,3,4). The van der Waals surface area contributed by atoms with Crippen molar-refractivity contribution in [3.05, 3.63) is 0 Å². The van der Waals surface area contributed by atoms with Crippen LogP contribution in [0.4, 0.5) is 0 Å². The molecule has 0 amide bonds. The van der Waals surface area contributed by atoms with Crippen LogP contribution in [0.25, 0.3) is 0 Å². The van der Waals surface area contributed by atoms with Gasteiger partial charge < -0.3 is 24.2 Å². The third-order valence-electron chi connectivity index (χ3n) is 0.537. The van der Waals surface area contributed by atoms with Crippen molar-refractivity contribution in [1.82, 2.24) is 0 Å². The van der Waals surface area contributed by atoms with E-state index >= 15 is 0 Å². The number of esters is 2. The average Bonchev–Trinajstić information content (AvgIpc) is 1.98. The fraction of sp³-hybridized carbons (Fsp3) is 0.500. The van der Waals surface area contributed by atoms with Crippen molar-refractivity contribution < 1.29 is 38.3 Å². The van der Waals surface area contributed by atoms with Gasteiger partial charge in [-0.25, -0.2) is 14.2 Å². The summed E-state index contributed by atoms with van der Waals surface area (Å²) in [6.45, 7) is 0. The van der Waals surface area contributed by atoms with Gasteiger partial charge in [-0.15, -0.1) is 0 Å². The van der Waals surface area contributed by atoms with Crippen LogP contribution in [0.2, 0.25) is 0 Å². The topological polar surface area (TPSA) is 130 Å². The van der Waals surface area contributed by atoms with Crippen LogP contribution in [0.5, 0.6) is 0 Å². The van der Waals surface area contributed by atoms with Crippen LogP contribution in [-0.2, 0) is 23.6 Å². The molecule has 0 atom stereocenters. The Bertz CT molecular complexity index is 194. The van der Waals surface area contributed by atoms with Crippen LogP contribution in [0.1, 0.15) is 0 Å². The van der Waals surface area contributed by atoms with E-state index in [-0.39, 0.29) is 0 Å². The first-order valence-corrected chi connectivity index (χ1v) is 4.23. The summed E-state index contributed by atoms with van der Waals surface area (Å²) < 4.78 is 16.9. The summed E-state index contributed by atoms with van der Waals surface area (Å²) in [6.07, 6.45) is 0. The Hall–Kier alpha value is -0.950. The van der Waals surface area contributed by atoms with Crippen LogP contribution >= 0.6 is 7.82 Å². The molecule has 13 heavy (non-hydrogen) atoms. The van der Waals surface area contributed by atoms with E-state index in [0.717, 1.165) is 14.2 Å². The van der Waals surface area contributed by atoms with Crippen LogP contribution in [0, 0.1) is 0 Å². The van der Waals surface area contributed by atoms with E-state index in [0.29, 0.717) is 0 Å². The van der Waals surface area contributed by atoms with E-state index in [2.05, 4.69) is 9.47 Å². The lowest BCUT2D eigenvalue weighted by Crippen LogP contribution is -2.16. The fourth-order valence-electron chi connectivity index (χ4n) is 0.167. The van der Waals surface area contributed by atoms with E-state index in [4.69, 9.17) is 19.2 Å². The van der Waals surface area contributed by atoms with E-state index in [9.17, 15) is 9.59 Å². The van der Waals surface area contributed by atoms with Gasteiger partial charge in [-0.05, 0) is 0 Å². The molecule has 0 radical (unpaired) electrons. The minimum Gasteiger partial charge on any atom is -0.461 e. The second-order valence-corrected chi connectivity index (χ2v) is 2.52. The summed E-state index contributed by atoms with van der Waals surface area (Å²) in [5, 5.41) is 0. The SMILES string of the molecule is COC(=O)C(=O)OC.O=P(O)(O)O. The number of hydrogen-bond acceptors (Lipinski definition) is 5.